The average Bonchev–Trinajstić information content (AvgIpc) is 3.74. The predicted octanol–water partition coefficient (Wildman–Crippen LogP) is 12.3. The average molecular weight is 665 g/mol. The Labute approximate surface area is 301 Å². The van der Waals surface area contributed by atoms with Gasteiger partial charge in [0.2, 0.25) is 0 Å². The molecule has 4 heteroatoms. The molecule has 0 unspecified atom stereocenters. The van der Waals surface area contributed by atoms with E-state index in [-0.39, 0.29) is 0 Å². The van der Waals surface area contributed by atoms with Crippen molar-refractivity contribution in [3.8, 4) is 45.3 Å². The zero-order chi connectivity index (χ0) is 34.6. The van der Waals surface area contributed by atoms with Crippen molar-refractivity contribution >= 4 is 49.7 Å². The fourth-order valence-electron chi connectivity index (χ4n) is 7.66. The van der Waals surface area contributed by atoms with E-state index in [9.17, 15) is 0 Å². The van der Waals surface area contributed by atoms with E-state index < -0.39 is 0 Å². The lowest BCUT2D eigenvalue weighted by Crippen LogP contribution is -1.99. The molecule has 0 amide bonds. The van der Waals surface area contributed by atoms with Crippen molar-refractivity contribution in [3.05, 3.63) is 188 Å². The van der Waals surface area contributed by atoms with Gasteiger partial charge in [-0.3, -0.25) is 0 Å². The van der Waals surface area contributed by atoms with Crippen molar-refractivity contribution < 1.29 is 0 Å². The first kappa shape index (κ1) is 29.8. The fraction of sp³-hybridized carbons (Fsp3) is 0. The van der Waals surface area contributed by atoms with Crippen LogP contribution in [-0.4, -0.2) is 19.1 Å². The zero-order valence-electron chi connectivity index (χ0n) is 28.3. The zero-order valence-corrected chi connectivity index (χ0v) is 28.3. The summed E-state index contributed by atoms with van der Waals surface area (Å²) < 4.78 is 4.68. The number of nitrogens with zero attached hydrogens (tertiary/aromatic N) is 4. The minimum Gasteiger partial charge on any atom is -0.309 e. The summed E-state index contributed by atoms with van der Waals surface area (Å²) in [5.41, 5.74) is 12.6. The Kier molecular flexibility index (Phi) is 6.93. The van der Waals surface area contributed by atoms with E-state index >= 15 is 0 Å². The highest BCUT2D eigenvalue weighted by Crippen LogP contribution is 2.36. The van der Waals surface area contributed by atoms with E-state index in [2.05, 4.69) is 186 Å². The number of rotatable bonds is 6. The molecular weight excluding hydrogens is 633 g/mol. The molecule has 0 radical (unpaired) electrons. The SMILES string of the molecule is C=Cc1ccc2c3ccccc3n(-c3cccc(-c4nc(-c5ccccc5)cc(-c5cccc(-n6c7ccccc7c7ccccc76)c5)n4)c3)c2c1. The van der Waals surface area contributed by atoms with Crippen molar-refractivity contribution in [3.63, 3.8) is 0 Å². The Morgan fingerprint density at radius 2 is 0.865 bits per heavy atom. The molecule has 10 aromatic rings. The van der Waals surface area contributed by atoms with Crippen LogP contribution in [0.5, 0.6) is 0 Å². The summed E-state index contributed by atoms with van der Waals surface area (Å²) >= 11 is 0. The molecule has 0 fully saturated rings. The summed E-state index contributed by atoms with van der Waals surface area (Å²) in [5, 5.41) is 4.90. The molecule has 10 rings (SSSR count). The standard InChI is InChI=1S/C48H32N4/c1-2-32-26-27-41-40-22-8-11-25-46(40)52(47(41)28-32)37-19-13-17-35(30-37)48-49-42(33-14-4-3-5-15-33)31-43(50-48)34-16-12-18-36(29-34)51-44-23-9-6-20-38(44)39-21-7-10-24-45(39)51/h2-31H,1H2. The van der Waals surface area contributed by atoms with Crippen LogP contribution in [0.1, 0.15) is 5.56 Å². The van der Waals surface area contributed by atoms with Gasteiger partial charge in [-0.25, -0.2) is 9.97 Å². The lowest BCUT2D eigenvalue weighted by Gasteiger charge is -2.13. The second-order valence-electron chi connectivity index (χ2n) is 13.1. The van der Waals surface area contributed by atoms with Crippen LogP contribution in [-0.2, 0) is 0 Å². The molecule has 3 aromatic heterocycles. The van der Waals surface area contributed by atoms with Gasteiger partial charge in [-0.1, -0.05) is 134 Å². The second-order valence-corrected chi connectivity index (χ2v) is 13.1. The number of aromatic nitrogens is 4. The molecule has 0 saturated carbocycles. The lowest BCUT2D eigenvalue weighted by atomic mass is 10.1. The third-order valence-electron chi connectivity index (χ3n) is 10.1. The van der Waals surface area contributed by atoms with E-state index in [1.807, 2.05) is 12.1 Å². The van der Waals surface area contributed by atoms with Crippen molar-refractivity contribution in [2.75, 3.05) is 0 Å². The molecule has 3 heterocycles. The summed E-state index contributed by atoms with van der Waals surface area (Å²) in [6, 6.07) is 62.1. The van der Waals surface area contributed by atoms with Gasteiger partial charge >= 0.3 is 0 Å². The van der Waals surface area contributed by atoms with Crippen molar-refractivity contribution in [2.45, 2.75) is 0 Å². The van der Waals surface area contributed by atoms with Gasteiger partial charge in [0, 0.05) is 49.6 Å². The van der Waals surface area contributed by atoms with Gasteiger partial charge in [-0.05, 0) is 60.2 Å². The molecule has 0 atom stereocenters. The first-order chi connectivity index (χ1) is 25.7. The highest BCUT2D eigenvalue weighted by molar-refractivity contribution is 6.10. The fourth-order valence-corrected chi connectivity index (χ4v) is 7.66. The van der Waals surface area contributed by atoms with Crippen LogP contribution < -0.4 is 0 Å². The minimum absolute atomic E-state index is 0.674. The van der Waals surface area contributed by atoms with Gasteiger partial charge in [-0.2, -0.15) is 0 Å². The third kappa shape index (κ3) is 4.84. The molecular formula is C48H32N4. The highest BCUT2D eigenvalue weighted by Gasteiger charge is 2.17. The minimum atomic E-state index is 0.674. The maximum atomic E-state index is 5.28. The smallest absolute Gasteiger partial charge is 0.160 e. The molecule has 52 heavy (non-hydrogen) atoms. The summed E-state index contributed by atoms with van der Waals surface area (Å²) in [6.07, 6.45) is 1.90. The number of para-hydroxylation sites is 3. The van der Waals surface area contributed by atoms with Crippen LogP contribution in [0, 0.1) is 0 Å². The number of benzene rings is 7. The third-order valence-corrected chi connectivity index (χ3v) is 10.1. The molecule has 7 aromatic carbocycles. The number of hydrogen-bond donors (Lipinski definition) is 0. The topological polar surface area (TPSA) is 35.6 Å². The molecule has 0 aliphatic rings. The summed E-state index contributed by atoms with van der Waals surface area (Å²) in [4.78, 5) is 10.5. The monoisotopic (exact) mass is 664 g/mol. The Bertz CT molecular complexity index is 2930. The van der Waals surface area contributed by atoms with Gasteiger partial charge in [0.1, 0.15) is 0 Å². The van der Waals surface area contributed by atoms with Crippen LogP contribution in [0.25, 0.3) is 95.0 Å². The molecule has 0 aliphatic heterocycles. The van der Waals surface area contributed by atoms with Gasteiger partial charge in [0.05, 0.1) is 33.5 Å². The maximum Gasteiger partial charge on any atom is 0.160 e. The van der Waals surface area contributed by atoms with Crippen molar-refractivity contribution in [1.82, 2.24) is 19.1 Å². The number of fused-ring (bicyclic) bond motifs is 6. The van der Waals surface area contributed by atoms with Crippen LogP contribution in [0.15, 0.2) is 183 Å². The second kappa shape index (κ2) is 12.1. The van der Waals surface area contributed by atoms with Gasteiger partial charge in [0.25, 0.3) is 0 Å². The first-order valence-corrected chi connectivity index (χ1v) is 17.5. The summed E-state index contributed by atoms with van der Waals surface area (Å²) in [7, 11) is 0. The van der Waals surface area contributed by atoms with Gasteiger partial charge in [0.15, 0.2) is 5.82 Å². The molecule has 4 nitrogen and oxygen atoms in total. The normalized spacial score (nSPS) is 11.5. The van der Waals surface area contributed by atoms with Crippen LogP contribution in [0.2, 0.25) is 0 Å². The van der Waals surface area contributed by atoms with E-state index in [4.69, 9.17) is 9.97 Å². The Hall–Kier alpha value is -7.04. The van der Waals surface area contributed by atoms with E-state index in [0.29, 0.717) is 5.82 Å². The Morgan fingerprint density at radius 1 is 0.385 bits per heavy atom. The maximum absolute atomic E-state index is 5.28. The van der Waals surface area contributed by atoms with Crippen molar-refractivity contribution in [2.24, 2.45) is 0 Å². The molecule has 0 aliphatic carbocycles. The Morgan fingerprint density at radius 3 is 1.48 bits per heavy atom. The number of hydrogen-bond acceptors (Lipinski definition) is 2. The van der Waals surface area contributed by atoms with E-state index in [0.717, 1.165) is 56.0 Å². The summed E-state index contributed by atoms with van der Waals surface area (Å²) in [6.45, 7) is 4.03. The molecule has 244 valence electrons. The predicted molar refractivity (Wildman–Crippen MR) is 217 cm³/mol. The molecule has 0 spiro atoms. The highest BCUT2D eigenvalue weighted by atomic mass is 15.0. The largest absolute Gasteiger partial charge is 0.309 e. The molecule has 0 N–H and O–H groups in total. The van der Waals surface area contributed by atoms with Crippen LogP contribution in [0.4, 0.5) is 0 Å². The van der Waals surface area contributed by atoms with Gasteiger partial charge < -0.3 is 9.13 Å². The van der Waals surface area contributed by atoms with Crippen LogP contribution in [0.3, 0.4) is 0 Å². The Balaban J connectivity index is 1.16. The lowest BCUT2D eigenvalue weighted by molar-refractivity contribution is 1.15. The first-order valence-electron chi connectivity index (χ1n) is 17.5. The molecule has 0 saturated heterocycles. The van der Waals surface area contributed by atoms with Crippen LogP contribution >= 0.6 is 0 Å². The van der Waals surface area contributed by atoms with Crippen molar-refractivity contribution in [1.29, 1.82) is 0 Å². The quantitative estimate of drug-likeness (QED) is 0.177. The summed E-state index contributed by atoms with van der Waals surface area (Å²) in [5.74, 6) is 0.674. The van der Waals surface area contributed by atoms with E-state index in [1.54, 1.807) is 0 Å². The van der Waals surface area contributed by atoms with E-state index in [1.165, 1.54) is 32.6 Å². The molecule has 0 bridgehead atoms. The van der Waals surface area contributed by atoms with Gasteiger partial charge in [-0.15, -0.1) is 0 Å².